The third-order valence-electron chi connectivity index (χ3n) is 4.63. The molecule has 1 aliphatic rings. The predicted molar refractivity (Wildman–Crippen MR) is 86.2 cm³/mol. The molecule has 0 spiro atoms. The van der Waals surface area contributed by atoms with E-state index in [1.165, 1.54) is 7.11 Å². The van der Waals surface area contributed by atoms with Crippen LogP contribution in [0.1, 0.15) is 44.0 Å². The Morgan fingerprint density at radius 2 is 2.00 bits per heavy atom. The van der Waals surface area contributed by atoms with Gasteiger partial charge in [-0.05, 0) is 30.4 Å². The molecule has 1 unspecified atom stereocenters. The van der Waals surface area contributed by atoms with Crippen molar-refractivity contribution in [2.75, 3.05) is 7.11 Å². The third-order valence-corrected chi connectivity index (χ3v) is 4.63. The zero-order valence-electron chi connectivity index (χ0n) is 13.2. The molecule has 0 amide bonds. The van der Waals surface area contributed by atoms with Crippen molar-refractivity contribution in [1.29, 1.82) is 0 Å². The van der Waals surface area contributed by atoms with Gasteiger partial charge in [0.15, 0.2) is 0 Å². The summed E-state index contributed by atoms with van der Waals surface area (Å²) in [5.41, 5.74) is 1.19. The average molecular weight is 285 g/mol. The van der Waals surface area contributed by atoms with E-state index in [-0.39, 0.29) is 16.8 Å². The van der Waals surface area contributed by atoms with Crippen molar-refractivity contribution in [2.24, 2.45) is 15.8 Å². The van der Waals surface area contributed by atoms with Gasteiger partial charge in [-0.15, -0.1) is 0 Å². The fraction of sp³-hybridized carbons (Fsp3) is 0.444. The first kappa shape index (κ1) is 15.5. The van der Waals surface area contributed by atoms with Gasteiger partial charge in [0.1, 0.15) is 0 Å². The number of hydrogen-bond acceptors (Lipinski definition) is 3. The van der Waals surface area contributed by atoms with Gasteiger partial charge in [0, 0.05) is 11.6 Å². The summed E-state index contributed by atoms with van der Waals surface area (Å²) >= 11 is 0. The summed E-state index contributed by atoms with van der Waals surface area (Å²) in [6, 6.07) is 7.29. The molecule has 1 aromatic carbocycles. The maximum atomic E-state index is 11.8. The van der Waals surface area contributed by atoms with Gasteiger partial charge in [0.25, 0.3) is 0 Å². The number of esters is 1. The smallest absolute Gasteiger partial charge is 0.340 e. The van der Waals surface area contributed by atoms with Crippen LogP contribution in [0.2, 0.25) is 0 Å². The molecule has 0 N–H and O–H groups in total. The first-order chi connectivity index (χ1) is 9.89. The molecule has 0 aromatic heterocycles. The van der Waals surface area contributed by atoms with E-state index in [4.69, 9.17) is 4.74 Å². The Kier molecular flexibility index (Phi) is 4.31. The molecule has 0 radical (unpaired) electrons. The summed E-state index contributed by atoms with van der Waals surface area (Å²) in [5, 5.41) is 0. The van der Waals surface area contributed by atoms with Gasteiger partial charge in [-0.3, -0.25) is 4.99 Å². The van der Waals surface area contributed by atoms with Crippen LogP contribution in [0.5, 0.6) is 0 Å². The fourth-order valence-electron chi connectivity index (χ4n) is 2.59. The Morgan fingerprint density at radius 3 is 2.67 bits per heavy atom. The highest BCUT2D eigenvalue weighted by atomic mass is 16.5. The Hall–Kier alpha value is -1.90. The van der Waals surface area contributed by atoms with Crippen molar-refractivity contribution in [3.63, 3.8) is 0 Å². The Labute approximate surface area is 126 Å². The van der Waals surface area contributed by atoms with Gasteiger partial charge in [0.2, 0.25) is 0 Å². The summed E-state index contributed by atoms with van der Waals surface area (Å²) in [4.78, 5) is 16.4. The molecular formula is C18H23NO2. The van der Waals surface area contributed by atoms with E-state index < -0.39 is 0 Å². The standard InChI is InChI=1S/C18H23NO2/c1-17(2)11-7-8-12-18(17,3)13-19-15-10-6-5-9-14(15)16(20)21-4/h5-7,9-11,13H,8,12H2,1-4H3. The lowest BCUT2D eigenvalue weighted by molar-refractivity contribution is 0.0601. The van der Waals surface area contributed by atoms with E-state index in [1.807, 2.05) is 24.4 Å². The summed E-state index contributed by atoms with van der Waals surface area (Å²) in [6.45, 7) is 6.67. The number of ether oxygens (including phenoxy) is 1. The third kappa shape index (κ3) is 3.07. The summed E-state index contributed by atoms with van der Waals surface area (Å²) < 4.78 is 4.81. The summed E-state index contributed by atoms with van der Waals surface area (Å²) in [7, 11) is 1.39. The zero-order valence-corrected chi connectivity index (χ0v) is 13.2. The molecule has 112 valence electrons. The number of carbonyl (C=O) groups excluding carboxylic acids is 1. The predicted octanol–water partition coefficient (Wildman–Crippen LogP) is 4.56. The van der Waals surface area contributed by atoms with Crippen LogP contribution in [0.3, 0.4) is 0 Å². The molecule has 0 fully saturated rings. The minimum Gasteiger partial charge on any atom is -0.465 e. The highest BCUT2D eigenvalue weighted by molar-refractivity contribution is 5.95. The van der Waals surface area contributed by atoms with Crippen LogP contribution in [0.4, 0.5) is 5.69 Å². The van der Waals surface area contributed by atoms with Gasteiger partial charge >= 0.3 is 5.97 Å². The molecule has 0 saturated carbocycles. The number of benzene rings is 1. The molecule has 0 aliphatic heterocycles. The van der Waals surface area contributed by atoms with E-state index in [9.17, 15) is 4.79 Å². The van der Waals surface area contributed by atoms with Crippen LogP contribution < -0.4 is 0 Å². The van der Waals surface area contributed by atoms with Crippen molar-refractivity contribution in [3.8, 4) is 0 Å². The van der Waals surface area contributed by atoms with Crippen molar-refractivity contribution >= 4 is 17.9 Å². The van der Waals surface area contributed by atoms with Crippen LogP contribution >= 0.6 is 0 Å². The van der Waals surface area contributed by atoms with Crippen LogP contribution in [-0.4, -0.2) is 19.3 Å². The van der Waals surface area contributed by atoms with E-state index in [0.29, 0.717) is 11.3 Å². The van der Waals surface area contributed by atoms with Crippen molar-refractivity contribution in [1.82, 2.24) is 0 Å². The lowest BCUT2D eigenvalue weighted by Gasteiger charge is -2.42. The second-order valence-corrected chi connectivity index (χ2v) is 6.35. The minimum absolute atomic E-state index is 0.0228. The molecule has 1 atom stereocenters. The molecule has 0 bridgehead atoms. The second kappa shape index (κ2) is 5.84. The molecular weight excluding hydrogens is 262 g/mol. The fourth-order valence-corrected chi connectivity index (χ4v) is 2.59. The lowest BCUT2D eigenvalue weighted by atomic mass is 9.62. The number of para-hydroxylation sites is 1. The van der Waals surface area contributed by atoms with Crippen LogP contribution in [0.25, 0.3) is 0 Å². The van der Waals surface area contributed by atoms with Crippen LogP contribution in [0, 0.1) is 10.8 Å². The Balaban J connectivity index is 2.34. The van der Waals surface area contributed by atoms with Gasteiger partial charge in [-0.25, -0.2) is 4.79 Å². The second-order valence-electron chi connectivity index (χ2n) is 6.35. The number of rotatable bonds is 3. The topological polar surface area (TPSA) is 38.7 Å². The van der Waals surface area contributed by atoms with Crippen LogP contribution in [-0.2, 0) is 4.74 Å². The Morgan fingerprint density at radius 1 is 1.29 bits per heavy atom. The average Bonchev–Trinajstić information content (AvgIpc) is 2.48. The molecule has 1 aliphatic carbocycles. The lowest BCUT2D eigenvalue weighted by Crippen LogP contribution is -2.37. The summed E-state index contributed by atoms with van der Waals surface area (Å²) in [5.74, 6) is -0.351. The van der Waals surface area contributed by atoms with Gasteiger partial charge in [0.05, 0.1) is 18.4 Å². The first-order valence-electron chi connectivity index (χ1n) is 7.30. The SMILES string of the molecule is COC(=O)c1ccccc1N=CC1(C)CCC=CC1(C)C. The molecule has 1 aromatic rings. The van der Waals surface area contributed by atoms with E-state index >= 15 is 0 Å². The number of allylic oxidation sites excluding steroid dienone is 2. The minimum atomic E-state index is -0.351. The molecule has 0 saturated heterocycles. The highest BCUT2D eigenvalue weighted by Crippen LogP contribution is 2.45. The quantitative estimate of drug-likeness (QED) is 0.464. The first-order valence-corrected chi connectivity index (χ1v) is 7.30. The van der Waals surface area contributed by atoms with E-state index in [0.717, 1.165) is 12.8 Å². The molecule has 21 heavy (non-hydrogen) atoms. The van der Waals surface area contributed by atoms with Crippen molar-refractivity contribution < 1.29 is 9.53 Å². The van der Waals surface area contributed by atoms with Crippen LogP contribution in [0.15, 0.2) is 41.4 Å². The summed E-state index contributed by atoms with van der Waals surface area (Å²) in [6.07, 6.45) is 8.61. The van der Waals surface area contributed by atoms with Crippen molar-refractivity contribution in [3.05, 3.63) is 42.0 Å². The maximum absolute atomic E-state index is 11.8. The number of hydrogen-bond donors (Lipinski definition) is 0. The van der Waals surface area contributed by atoms with Gasteiger partial charge in [-0.2, -0.15) is 0 Å². The molecule has 0 heterocycles. The molecule has 3 heteroatoms. The number of nitrogens with zero attached hydrogens (tertiary/aromatic N) is 1. The van der Waals surface area contributed by atoms with E-state index in [1.54, 1.807) is 6.07 Å². The van der Waals surface area contributed by atoms with E-state index in [2.05, 4.69) is 37.9 Å². The number of carbonyl (C=O) groups is 1. The normalized spacial score (nSPS) is 24.2. The molecule has 3 nitrogen and oxygen atoms in total. The largest absolute Gasteiger partial charge is 0.465 e. The molecule has 2 rings (SSSR count). The van der Waals surface area contributed by atoms with Gasteiger partial charge < -0.3 is 4.74 Å². The Bertz CT molecular complexity index is 587. The van der Waals surface area contributed by atoms with Gasteiger partial charge in [-0.1, -0.05) is 45.1 Å². The monoisotopic (exact) mass is 285 g/mol. The number of aliphatic imine (C=N–C) groups is 1. The maximum Gasteiger partial charge on any atom is 0.340 e. The zero-order chi connectivity index (χ0) is 15.5. The number of methoxy groups -OCH3 is 1. The van der Waals surface area contributed by atoms with Crippen molar-refractivity contribution in [2.45, 2.75) is 33.6 Å². The highest BCUT2D eigenvalue weighted by Gasteiger charge is 2.39.